The van der Waals surface area contributed by atoms with E-state index in [0.29, 0.717) is 5.56 Å². The van der Waals surface area contributed by atoms with Crippen LogP contribution in [-0.4, -0.2) is 96.5 Å². The molecule has 0 saturated carbocycles. The summed E-state index contributed by atoms with van der Waals surface area (Å²) in [6.45, 7) is 6.39. The van der Waals surface area contributed by atoms with Gasteiger partial charge < -0.3 is 67.5 Å². The van der Waals surface area contributed by atoms with Crippen molar-refractivity contribution in [1.82, 2.24) is 10.6 Å². The number of nitrogens with zero attached hydrogens (tertiary/aromatic N) is 2. The lowest BCUT2D eigenvalue weighted by atomic mass is 9.98. The predicted octanol–water partition coefficient (Wildman–Crippen LogP) is 1.68. The van der Waals surface area contributed by atoms with Crippen LogP contribution < -0.4 is 53.2 Å². The monoisotopic (exact) mass is 838 g/mol. The van der Waals surface area contributed by atoms with E-state index in [4.69, 9.17) is 41.6 Å². The third kappa shape index (κ3) is 13.6. The van der Waals surface area contributed by atoms with Gasteiger partial charge in [0.05, 0.1) is 12.5 Å². The molecule has 60 heavy (non-hydrogen) atoms. The molecule has 2 amide bonds. The van der Waals surface area contributed by atoms with Crippen LogP contribution in [-0.2, 0) is 32.0 Å². The van der Waals surface area contributed by atoms with Crippen molar-refractivity contribution >= 4 is 57.6 Å². The Morgan fingerprint density at radius 1 is 0.750 bits per heavy atom. The number of rotatable bonds is 23. The Bertz CT molecular complexity index is 2250. The molecule has 20 nitrogen and oxygen atoms in total. The largest absolute Gasteiger partial charge is 0.507 e. The number of nitrogens with two attached hydrogens (primary N) is 4. The first-order valence-electron chi connectivity index (χ1n) is 18.9. The molecule has 2 atom stereocenters. The quantitative estimate of drug-likeness (QED) is 0.0216. The molecule has 0 radical (unpaired) electrons. The van der Waals surface area contributed by atoms with Gasteiger partial charge in [0.25, 0.3) is 11.8 Å². The Balaban J connectivity index is 2.09. The summed E-state index contributed by atoms with van der Waals surface area (Å²) < 4.78 is 23.7. The fourth-order valence-corrected chi connectivity index (χ4v) is 5.95. The van der Waals surface area contributed by atoms with Crippen LogP contribution in [0.5, 0.6) is 23.0 Å². The molecule has 0 aliphatic rings. The van der Waals surface area contributed by atoms with E-state index in [0.717, 1.165) is 11.1 Å². The van der Waals surface area contributed by atoms with E-state index in [-0.39, 0.29) is 108 Å². The number of guanidine groups is 2. The number of carboxylic acids is 2. The number of allylic oxidation sites excluding steroid dienone is 4. The number of phenols is 1. The van der Waals surface area contributed by atoms with E-state index in [1.54, 1.807) is 6.08 Å². The van der Waals surface area contributed by atoms with Crippen LogP contribution >= 0.6 is 0 Å². The molecular formula is C40H54N8O12. The van der Waals surface area contributed by atoms with Gasteiger partial charge in [-0.2, -0.15) is 0 Å². The Morgan fingerprint density at radius 2 is 1.20 bits per heavy atom. The number of carbonyl (C=O) groups is 4. The molecule has 2 aromatic carbocycles. The van der Waals surface area contributed by atoms with Crippen molar-refractivity contribution in [3.05, 3.63) is 56.8 Å². The van der Waals surface area contributed by atoms with E-state index >= 15 is 0 Å². The van der Waals surface area contributed by atoms with E-state index in [1.165, 1.54) is 19.2 Å². The topological polar surface area (TPSA) is 340 Å². The number of methoxy groups -OCH3 is 1. The first-order chi connectivity index (χ1) is 28.3. The van der Waals surface area contributed by atoms with Crippen LogP contribution in [0.25, 0.3) is 21.9 Å². The zero-order valence-corrected chi connectivity index (χ0v) is 34.3. The maximum Gasteiger partial charge on any atom is 0.326 e. The van der Waals surface area contributed by atoms with Crippen LogP contribution in [0.3, 0.4) is 0 Å². The maximum absolute atomic E-state index is 14.5. The number of ether oxygens (including phenoxy) is 3. The average Bonchev–Trinajstić information content (AvgIpc) is 3.16. The Kier molecular flexibility index (Phi) is 17.6. The second-order valence-corrected chi connectivity index (χ2v) is 14.1. The van der Waals surface area contributed by atoms with Crippen LogP contribution in [0.1, 0.15) is 64.5 Å². The molecule has 326 valence electrons. The average molecular weight is 839 g/mol. The molecule has 1 aromatic heterocycles. The number of aromatic hydroxyl groups is 1. The molecule has 1 heterocycles. The smallest absolute Gasteiger partial charge is 0.326 e. The number of hydrogen-bond acceptors (Lipinski definition) is 12. The number of aliphatic imine (C=N–C) groups is 2. The van der Waals surface area contributed by atoms with Gasteiger partial charge in [-0.05, 0) is 66.2 Å². The van der Waals surface area contributed by atoms with Gasteiger partial charge in [0, 0.05) is 36.3 Å². The van der Waals surface area contributed by atoms with E-state index in [2.05, 4.69) is 20.6 Å². The molecule has 0 bridgehead atoms. The summed E-state index contributed by atoms with van der Waals surface area (Å²) in [6, 6.07) is 0.146. The molecule has 3 aromatic rings. The number of fused-ring (bicyclic) bond motifs is 2. The van der Waals surface area contributed by atoms with Gasteiger partial charge in [0.2, 0.25) is 5.43 Å². The second kappa shape index (κ2) is 22.2. The van der Waals surface area contributed by atoms with Crippen LogP contribution in [0.2, 0.25) is 0 Å². The van der Waals surface area contributed by atoms with E-state index in [9.17, 15) is 39.3 Å². The van der Waals surface area contributed by atoms with Crippen molar-refractivity contribution < 1.29 is 53.1 Å². The normalized spacial score (nSPS) is 11.8. The van der Waals surface area contributed by atoms with Gasteiger partial charge in [-0.15, -0.1) is 0 Å². The third-order valence-electron chi connectivity index (χ3n) is 8.82. The Morgan fingerprint density at radius 3 is 1.65 bits per heavy atom. The summed E-state index contributed by atoms with van der Waals surface area (Å²) >= 11 is 0. The van der Waals surface area contributed by atoms with Gasteiger partial charge in [-0.3, -0.25) is 24.4 Å². The van der Waals surface area contributed by atoms with Crippen molar-refractivity contribution in [2.75, 3.05) is 33.4 Å². The lowest BCUT2D eigenvalue weighted by molar-refractivity contribution is -0.142. The first kappa shape index (κ1) is 47.4. The van der Waals surface area contributed by atoms with Gasteiger partial charge >= 0.3 is 11.9 Å². The summed E-state index contributed by atoms with van der Waals surface area (Å²) in [7, 11) is 1.35. The lowest BCUT2D eigenvalue weighted by Gasteiger charge is -2.19. The number of nitrogens with one attached hydrogen (secondary N) is 2. The van der Waals surface area contributed by atoms with Crippen molar-refractivity contribution in [3.8, 4) is 23.0 Å². The highest BCUT2D eigenvalue weighted by Gasteiger charge is 2.26. The molecule has 0 spiro atoms. The fourth-order valence-electron chi connectivity index (χ4n) is 5.95. The van der Waals surface area contributed by atoms with Crippen molar-refractivity contribution in [1.29, 1.82) is 0 Å². The number of hydrogen-bond donors (Lipinski definition) is 9. The minimum Gasteiger partial charge on any atom is -0.507 e. The predicted molar refractivity (Wildman–Crippen MR) is 224 cm³/mol. The molecule has 2 unspecified atom stereocenters. The van der Waals surface area contributed by atoms with Crippen LogP contribution in [0.4, 0.5) is 0 Å². The van der Waals surface area contributed by atoms with Crippen LogP contribution in [0.15, 0.2) is 54.6 Å². The highest BCUT2D eigenvalue weighted by Crippen LogP contribution is 2.41. The molecular weight excluding hydrogens is 784 g/mol. The number of amides is 2. The third-order valence-corrected chi connectivity index (χ3v) is 8.82. The zero-order chi connectivity index (χ0) is 44.7. The summed E-state index contributed by atoms with van der Waals surface area (Å²) in [6.07, 6.45) is 4.44. The van der Waals surface area contributed by atoms with E-state index in [1.807, 2.05) is 33.8 Å². The van der Waals surface area contributed by atoms with Crippen molar-refractivity contribution in [2.24, 2.45) is 32.9 Å². The highest BCUT2D eigenvalue weighted by atomic mass is 16.5. The molecule has 20 heteroatoms. The summed E-state index contributed by atoms with van der Waals surface area (Å²) in [5.41, 5.74) is 22.8. The summed E-state index contributed by atoms with van der Waals surface area (Å²) in [5.74, 6) is -4.79. The van der Waals surface area contributed by atoms with Crippen molar-refractivity contribution in [3.63, 3.8) is 0 Å². The lowest BCUT2D eigenvalue weighted by Crippen LogP contribution is -2.43. The summed E-state index contributed by atoms with van der Waals surface area (Å²) in [4.78, 5) is 71.7. The fraction of sp³-hybridized carbons (Fsp3) is 0.425. The van der Waals surface area contributed by atoms with Gasteiger partial charge in [-0.25, -0.2) is 9.59 Å². The Hall–Kier alpha value is -6.99. The molecule has 3 rings (SSSR count). The summed E-state index contributed by atoms with van der Waals surface area (Å²) in [5, 5.41) is 35.7. The molecule has 0 aliphatic heterocycles. The number of carboxylic acid groups (broad SMARTS) is 2. The van der Waals surface area contributed by atoms with Gasteiger partial charge in [0.15, 0.2) is 36.6 Å². The molecule has 0 saturated heterocycles. The number of carbonyl (C=O) groups excluding carboxylic acids is 2. The maximum atomic E-state index is 14.5. The van der Waals surface area contributed by atoms with Gasteiger partial charge in [-0.1, -0.05) is 23.3 Å². The SMILES string of the molecule is COc1c(OCC(=O)NC(CCCN=C(N)N)C(=O)O)cc2oc3cc(OCC(=O)NC(CCCN=C(N)N)C(=O)O)c(CC=C(C)C)c(O)c3c(=O)c2c1CC=C(C)C. The highest BCUT2D eigenvalue weighted by molar-refractivity contribution is 5.98. The Labute approximate surface area is 345 Å². The number of benzene rings is 2. The second-order valence-electron chi connectivity index (χ2n) is 14.1. The molecule has 0 aliphatic carbocycles. The van der Waals surface area contributed by atoms with Crippen LogP contribution in [0, 0.1) is 0 Å². The first-order valence-corrected chi connectivity index (χ1v) is 18.9. The van der Waals surface area contributed by atoms with E-state index < -0.39 is 60.2 Å². The number of aliphatic carboxylic acids is 2. The molecule has 0 fully saturated rings. The van der Waals surface area contributed by atoms with Gasteiger partial charge in [0.1, 0.15) is 40.1 Å². The minimum absolute atomic E-state index is 0.0109. The zero-order valence-electron chi connectivity index (χ0n) is 34.3. The van der Waals surface area contributed by atoms with Crippen molar-refractivity contribution in [2.45, 2.75) is 78.3 Å². The standard InChI is InChI=1S/C40H54N8O12/c1-20(2)10-12-22-26(58-18-30(49)47-24(37(53)54)8-6-14-45-39(41)42)16-28-33(34(22)51)35(52)32-23(13-11-21(3)4)36(57-5)29(17-27(32)60-28)59-19-31(50)48-25(38(55)56)9-7-15-46-40(43)44/h10-11,16-17,24-25,51H,6-9,12-15,18-19H2,1-5H3,(H,47,49)(H,48,50)(H,53,54)(H,55,56)(H4,41,42,45)(H4,43,44,46). The number of phenolic OH excluding ortho intramolecular Hbond substituents is 1. The molecule has 13 N–H and O–H groups in total. The minimum atomic E-state index is -1.28.